The van der Waals surface area contributed by atoms with Gasteiger partial charge in [0.1, 0.15) is 0 Å². The number of aromatic nitrogens is 2. The number of amides is 1. The smallest absolute Gasteiger partial charge is 0.257 e. The van der Waals surface area contributed by atoms with E-state index in [4.69, 9.17) is 5.73 Å². The van der Waals surface area contributed by atoms with E-state index in [-0.39, 0.29) is 23.5 Å². The zero-order valence-corrected chi connectivity index (χ0v) is 11.2. The summed E-state index contributed by atoms with van der Waals surface area (Å²) in [6.07, 6.45) is 3.90. The summed E-state index contributed by atoms with van der Waals surface area (Å²) in [6, 6.07) is -0.127. The molecule has 1 fully saturated rings. The largest absolute Gasteiger partial charge is 0.369 e. The molecule has 0 atom stereocenters. The number of aromatic amines is 1. The Morgan fingerprint density at radius 3 is 2.74 bits per heavy atom. The molecule has 0 saturated carbocycles. The summed E-state index contributed by atoms with van der Waals surface area (Å²) in [7, 11) is -3.54. The summed E-state index contributed by atoms with van der Waals surface area (Å²) in [5, 5.41) is 0.0621. The van der Waals surface area contributed by atoms with Gasteiger partial charge in [-0.2, -0.15) is 0 Å². The van der Waals surface area contributed by atoms with Crippen molar-refractivity contribution >= 4 is 15.9 Å². The average Bonchev–Trinajstić information content (AvgIpc) is 2.85. The number of piperidine rings is 1. The molecule has 8 nitrogen and oxygen atoms in total. The topological polar surface area (TPSA) is 121 Å². The molecule has 4 N–H and O–H groups in total. The standard InChI is InChI=1S/C10H17N5O3S/c11-9(16)6-15-3-1-8(2-4-15)14-19(17,18)10-5-12-7-13-10/h5,7-8,14H,1-4,6H2,(H2,11,16)(H,12,13). The number of likely N-dealkylation sites (tertiary alicyclic amines) is 1. The first kappa shape index (κ1) is 14.0. The van der Waals surface area contributed by atoms with Gasteiger partial charge < -0.3 is 10.7 Å². The average molecular weight is 287 g/mol. The molecule has 1 aliphatic heterocycles. The fourth-order valence-corrected chi connectivity index (χ4v) is 3.31. The maximum Gasteiger partial charge on any atom is 0.257 e. The Labute approximate surface area is 111 Å². The quantitative estimate of drug-likeness (QED) is 0.617. The number of H-pyrrole nitrogens is 1. The molecular weight excluding hydrogens is 270 g/mol. The van der Waals surface area contributed by atoms with Crippen LogP contribution in [-0.4, -0.2) is 54.9 Å². The highest BCUT2D eigenvalue weighted by atomic mass is 32.2. The van der Waals surface area contributed by atoms with Crippen LogP contribution in [0.4, 0.5) is 0 Å². The Bertz CT molecular complexity index is 519. The number of primary amides is 1. The Morgan fingerprint density at radius 1 is 1.53 bits per heavy atom. The van der Waals surface area contributed by atoms with E-state index < -0.39 is 10.0 Å². The SMILES string of the molecule is NC(=O)CN1CCC(NS(=O)(=O)c2cnc[nH]2)CC1. The van der Waals surface area contributed by atoms with E-state index in [9.17, 15) is 13.2 Å². The molecule has 9 heteroatoms. The van der Waals surface area contributed by atoms with Gasteiger partial charge in [-0.05, 0) is 12.8 Å². The van der Waals surface area contributed by atoms with Gasteiger partial charge in [-0.1, -0.05) is 0 Å². The molecule has 0 spiro atoms. The van der Waals surface area contributed by atoms with Crippen LogP contribution in [0.5, 0.6) is 0 Å². The predicted octanol–water partition coefficient (Wildman–Crippen LogP) is -1.36. The predicted molar refractivity (Wildman–Crippen MR) is 67.6 cm³/mol. The second-order valence-electron chi connectivity index (χ2n) is 4.55. The highest BCUT2D eigenvalue weighted by Gasteiger charge is 2.25. The van der Waals surface area contributed by atoms with Crippen LogP contribution in [0.1, 0.15) is 12.8 Å². The molecule has 1 aromatic rings. The molecule has 0 bridgehead atoms. The summed E-state index contributed by atoms with van der Waals surface area (Å²) in [6.45, 7) is 1.53. The molecule has 2 rings (SSSR count). The van der Waals surface area contributed by atoms with E-state index >= 15 is 0 Å². The summed E-state index contributed by atoms with van der Waals surface area (Å²) >= 11 is 0. The van der Waals surface area contributed by atoms with Crippen LogP contribution >= 0.6 is 0 Å². The number of nitrogens with two attached hydrogens (primary N) is 1. The highest BCUT2D eigenvalue weighted by molar-refractivity contribution is 7.89. The number of nitrogens with one attached hydrogen (secondary N) is 2. The maximum atomic E-state index is 12.0. The van der Waals surface area contributed by atoms with Crippen LogP contribution in [0.25, 0.3) is 0 Å². The molecule has 0 unspecified atom stereocenters. The number of hydrogen-bond acceptors (Lipinski definition) is 5. The third-order valence-corrected chi connectivity index (χ3v) is 4.50. The number of sulfonamides is 1. The Morgan fingerprint density at radius 2 is 2.21 bits per heavy atom. The van der Waals surface area contributed by atoms with Gasteiger partial charge in [-0.3, -0.25) is 9.69 Å². The van der Waals surface area contributed by atoms with E-state index in [1.807, 2.05) is 4.90 Å². The first-order chi connectivity index (χ1) is 8.97. The van der Waals surface area contributed by atoms with Gasteiger partial charge in [-0.25, -0.2) is 18.1 Å². The second kappa shape index (κ2) is 5.68. The Balaban J connectivity index is 1.88. The third-order valence-electron chi connectivity index (χ3n) is 3.05. The van der Waals surface area contributed by atoms with Crippen molar-refractivity contribution < 1.29 is 13.2 Å². The number of rotatable bonds is 5. The summed E-state index contributed by atoms with van der Waals surface area (Å²) < 4.78 is 26.5. The maximum absolute atomic E-state index is 12.0. The molecule has 1 aliphatic rings. The minimum absolute atomic E-state index is 0.0621. The number of hydrogen-bond donors (Lipinski definition) is 3. The monoisotopic (exact) mass is 287 g/mol. The van der Waals surface area contributed by atoms with Gasteiger partial charge in [-0.15, -0.1) is 0 Å². The zero-order chi connectivity index (χ0) is 13.9. The summed E-state index contributed by atoms with van der Waals surface area (Å²) in [5.41, 5.74) is 5.12. The van der Waals surface area contributed by atoms with E-state index in [1.54, 1.807) is 0 Å². The third kappa shape index (κ3) is 3.75. The highest BCUT2D eigenvalue weighted by Crippen LogP contribution is 2.13. The van der Waals surface area contributed by atoms with E-state index in [1.165, 1.54) is 12.5 Å². The number of carbonyl (C=O) groups excluding carboxylic acids is 1. The van der Waals surface area contributed by atoms with Gasteiger partial charge in [0.05, 0.1) is 19.1 Å². The first-order valence-corrected chi connectivity index (χ1v) is 7.47. The molecule has 0 aliphatic carbocycles. The van der Waals surface area contributed by atoms with E-state index in [0.29, 0.717) is 25.9 Å². The van der Waals surface area contributed by atoms with Gasteiger partial charge in [0.2, 0.25) is 5.91 Å². The lowest BCUT2D eigenvalue weighted by atomic mass is 10.1. The fourth-order valence-electron chi connectivity index (χ4n) is 2.10. The number of carbonyl (C=O) groups is 1. The van der Waals surface area contributed by atoms with Crippen molar-refractivity contribution in [1.29, 1.82) is 0 Å². The van der Waals surface area contributed by atoms with Crippen molar-refractivity contribution in [3.63, 3.8) is 0 Å². The first-order valence-electron chi connectivity index (χ1n) is 5.99. The van der Waals surface area contributed by atoms with Crippen molar-refractivity contribution in [3.05, 3.63) is 12.5 Å². The Kier molecular flexibility index (Phi) is 4.17. The van der Waals surface area contributed by atoms with Gasteiger partial charge in [0.25, 0.3) is 10.0 Å². The molecule has 1 saturated heterocycles. The van der Waals surface area contributed by atoms with Crippen LogP contribution in [-0.2, 0) is 14.8 Å². The second-order valence-corrected chi connectivity index (χ2v) is 6.24. The van der Waals surface area contributed by atoms with Crippen LogP contribution in [0.15, 0.2) is 17.6 Å². The lowest BCUT2D eigenvalue weighted by molar-refractivity contribution is -0.119. The van der Waals surface area contributed by atoms with Gasteiger partial charge in [0, 0.05) is 19.1 Å². The minimum atomic E-state index is -3.54. The molecule has 1 aromatic heterocycles. The van der Waals surface area contributed by atoms with E-state index in [2.05, 4.69) is 14.7 Å². The van der Waals surface area contributed by atoms with Crippen molar-refractivity contribution in [3.8, 4) is 0 Å². The summed E-state index contributed by atoms with van der Waals surface area (Å²) in [5.74, 6) is -0.364. The molecule has 0 aromatic carbocycles. The molecule has 0 radical (unpaired) electrons. The molecular formula is C10H17N5O3S. The minimum Gasteiger partial charge on any atom is -0.369 e. The molecule has 19 heavy (non-hydrogen) atoms. The van der Waals surface area contributed by atoms with Crippen LogP contribution in [0.2, 0.25) is 0 Å². The number of imidazole rings is 1. The van der Waals surface area contributed by atoms with Crippen LogP contribution in [0, 0.1) is 0 Å². The zero-order valence-electron chi connectivity index (χ0n) is 10.4. The molecule has 1 amide bonds. The van der Waals surface area contributed by atoms with Crippen molar-refractivity contribution in [2.24, 2.45) is 5.73 Å². The van der Waals surface area contributed by atoms with Crippen molar-refractivity contribution in [1.82, 2.24) is 19.6 Å². The van der Waals surface area contributed by atoms with Gasteiger partial charge >= 0.3 is 0 Å². The van der Waals surface area contributed by atoms with E-state index in [0.717, 1.165) is 0 Å². The van der Waals surface area contributed by atoms with Crippen LogP contribution in [0.3, 0.4) is 0 Å². The van der Waals surface area contributed by atoms with Gasteiger partial charge in [0.15, 0.2) is 5.03 Å². The normalized spacial score (nSPS) is 18.5. The number of nitrogens with zero attached hydrogens (tertiary/aromatic N) is 2. The van der Waals surface area contributed by atoms with Crippen LogP contribution < -0.4 is 10.5 Å². The lowest BCUT2D eigenvalue weighted by Gasteiger charge is -2.31. The van der Waals surface area contributed by atoms with Crippen molar-refractivity contribution in [2.75, 3.05) is 19.6 Å². The fraction of sp³-hybridized carbons (Fsp3) is 0.600. The molecule has 106 valence electrons. The van der Waals surface area contributed by atoms with Crippen molar-refractivity contribution in [2.45, 2.75) is 23.9 Å². The summed E-state index contributed by atoms with van der Waals surface area (Å²) in [4.78, 5) is 19.0. The Hall–Kier alpha value is -1.45. The lowest BCUT2D eigenvalue weighted by Crippen LogP contribution is -2.46. The molecule has 2 heterocycles.